The normalized spacial score (nSPS) is 16.9. The zero-order valence-electron chi connectivity index (χ0n) is 11.1. The zero-order chi connectivity index (χ0) is 13.4. The molecule has 1 aromatic carbocycles. The van der Waals surface area contributed by atoms with Crippen molar-refractivity contribution in [1.82, 2.24) is 0 Å². The molecule has 0 aliphatic heterocycles. The zero-order valence-corrected chi connectivity index (χ0v) is 11.1. The molecule has 3 nitrogen and oxygen atoms in total. The Morgan fingerprint density at radius 1 is 1.16 bits per heavy atom. The minimum Gasteiger partial charge on any atom is -0.508 e. The van der Waals surface area contributed by atoms with Gasteiger partial charge < -0.3 is 9.52 Å². The van der Waals surface area contributed by atoms with Crippen LogP contribution in [-0.4, -0.2) is 5.11 Å². The predicted molar refractivity (Wildman–Crippen MR) is 74.7 cm³/mol. The number of aromatic hydroxyl groups is 1. The minimum atomic E-state index is -0.366. The van der Waals surface area contributed by atoms with Crippen LogP contribution in [0.5, 0.6) is 5.75 Å². The van der Waals surface area contributed by atoms with E-state index in [2.05, 4.69) is 0 Å². The van der Waals surface area contributed by atoms with Gasteiger partial charge in [0.05, 0.1) is 0 Å². The maximum Gasteiger partial charge on any atom is 0.336 e. The molecule has 0 saturated heterocycles. The Morgan fingerprint density at radius 3 is 2.63 bits per heavy atom. The summed E-state index contributed by atoms with van der Waals surface area (Å²) in [5, 5.41) is 11.1. The van der Waals surface area contributed by atoms with E-state index in [4.69, 9.17) is 4.42 Å². The van der Waals surface area contributed by atoms with Crippen molar-refractivity contribution in [3.8, 4) is 5.75 Å². The van der Waals surface area contributed by atoms with Crippen LogP contribution in [0.2, 0.25) is 0 Å². The molecule has 19 heavy (non-hydrogen) atoms. The lowest BCUT2D eigenvalue weighted by molar-refractivity contribution is 0.414. The van der Waals surface area contributed by atoms with Gasteiger partial charge in [0.25, 0.3) is 0 Å². The van der Waals surface area contributed by atoms with Crippen LogP contribution in [0.15, 0.2) is 27.4 Å². The number of phenolic OH excluding ortho intramolecular Hbond substituents is 1. The Balaban J connectivity index is 2.15. The van der Waals surface area contributed by atoms with E-state index >= 15 is 0 Å². The van der Waals surface area contributed by atoms with E-state index in [0.29, 0.717) is 11.5 Å². The van der Waals surface area contributed by atoms with E-state index in [1.165, 1.54) is 25.3 Å². The number of rotatable bonds is 1. The largest absolute Gasteiger partial charge is 0.508 e. The van der Waals surface area contributed by atoms with Gasteiger partial charge in [-0.25, -0.2) is 4.79 Å². The molecule has 3 rings (SSSR count). The van der Waals surface area contributed by atoms with Crippen molar-refractivity contribution in [1.29, 1.82) is 0 Å². The van der Waals surface area contributed by atoms with Crippen molar-refractivity contribution in [2.45, 2.75) is 44.9 Å². The first-order valence-corrected chi connectivity index (χ1v) is 6.92. The average molecular weight is 258 g/mol. The van der Waals surface area contributed by atoms with Crippen molar-refractivity contribution in [2.75, 3.05) is 0 Å². The number of hydrogen-bond acceptors (Lipinski definition) is 3. The van der Waals surface area contributed by atoms with Crippen molar-refractivity contribution >= 4 is 11.0 Å². The van der Waals surface area contributed by atoms with Crippen LogP contribution in [-0.2, 0) is 0 Å². The maximum atomic E-state index is 11.4. The second-order valence-electron chi connectivity index (χ2n) is 5.49. The van der Waals surface area contributed by atoms with Gasteiger partial charge in [0.15, 0.2) is 0 Å². The number of hydrogen-bond donors (Lipinski definition) is 1. The third kappa shape index (κ3) is 2.25. The highest BCUT2D eigenvalue weighted by Gasteiger charge is 2.20. The van der Waals surface area contributed by atoms with Crippen LogP contribution in [0.1, 0.15) is 49.1 Å². The van der Waals surface area contributed by atoms with E-state index in [1.807, 2.05) is 13.0 Å². The van der Waals surface area contributed by atoms with Crippen LogP contribution in [0, 0.1) is 6.92 Å². The quantitative estimate of drug-likeness (QED) is 0.790. The van der Waals surface area contributed by atoms with Crippen molar-refractivity contribution in [3.05, 3.63) is 39.7 Å². The molecule has 0 radical (unpaired) electrons. The van der Waals surface area contributed by atoms with Gasteiger partial charge in [0.1, 0.15) is 11.3 Å². The van der Waals surface area contributed by atoms with Crippen LogP contribution in [0.4, 0.5) is 0 Å². The Morgan fingerprint density at radius 2 is 1.89 bits per heavy atom. The second-order valence-corrected chi connectivity index (χ2v) is 5.49. The van der Waals surface area contributed by atoms with Gasteiger partial charge in [-0.2, -0.15) is 0 Å². The van der Waals surface area contributed by atoms with Crippen LogP contribution in [0.3, 0.4) is 0 Å². The molecule has 0 spiro atoms. The molecular weight excluding hydrogens is 240 g/mol. The van der Waals surface area contributed by atoms with E-state index in [1.54, 1.807) is 6.07 Å². The van der Waals surface area contributed by atoms with Crippen LogP contribution in [0.25, 0.3) is 11.0 Å². The molecule has 2 aromatic rings. The van der Waals surface area contributed by atoms with Gasteiger partial charge in [-0.3, -0.25) is 0 Å². The van der Waals surface area contributed by atoms with Gasteiger partial charge in [0, 0.05) is 17.5 Å². The van der Waals surface area contributed by atoms with Gasteiger partial charge in [-0.05, 0) is 42.9 Å². The molecule has 0 bridgehead atoms. The Labute approximate surface area is 111 Å². The molecule has 100 valence electrons. The first-order valence-electron chi connectivity index (χ1n) is 6.92. The third-order valence-electron chi connectivity index (χ3n) is 4.14. The molecule has 1 aliphatic rings. The summed E-state index contributed by atoms with van der Waals surface area (Å²) in [4.78, 5) is 11.4. The monoisotopic (exact) mass is 258 g/mol. The third-order valence-corrected chi connectivity index (χ3v) is 4.14. The van der Waals surface area contributed by atoms with E-state index in [9.17, 15) is 9.90 Å². The Kier molecular flexibility index (Phi) is 3.05. The van der Waals surface area contributed by atoms with E-state index in [0.717, 1.165) is 29.4 Å². The summed E-state index contributed by atoms with van der Waals surface area (Å²) < 4.78 is 5.15. The fraction of sp³-hybridized carbons (Fsp3) is 0.438. The van der Waals surface area contributed by atoms with Gasteiger partial charge >= 0.3 is 5.63 Å². The molecule has 0 unspecified atom stereocenters. The average Bonchev–Trinajstić information content (AvgIpc) is 2.38. The van der Waals surface area contributed by atoms with Gasteiger partial charge in [-0.15, -0.1) is 0 Å². The van der Waals surface area contributed by atoms with Gasteiger partial charge in [-0.1, -0.05) is 19.3 Å². The molecule has 1 heterocycles. The SMILES string of the molecule is Cc1cc(=O)oc2cc(O)c(C3CCCCC3)cc12. The van der Waals surface area contributed by atoms with E-state index in [-0.39, 0.29) is 11.4 Å². The highest BCUT2D eigenvalue weighted by molar-refractivity contribution is 5.82. The summed E-state index contributed by atoms with van der Waals surface area (Å²) in [5.74, 6) is 0.692. The molecule has 0 atom stereocenters. The number of aryl methyl sites for hydroxylation is 1. The smallest absolute Gasteiger partial charge is 0.336 e. The Bertz CT molecular complexity index is 663. The van der Waals surface area contributed by atoms with Gasteiger partial charge in [0.2, 0.25) is 0 Å². The summed E-state index contributed by atoms with van der Waals surface area (Å²) in [6.45, 7) is 1.90. The molecule has 3 heteroatoms. The van der Waals surface area contributed by atoms with Crippen molar-refractivity contribution < 1.29 is 9.52 Å². The summed E-state index contributed by atoms with van der Waals surface area (Å²) >= 11 is 0. The molecule has 1 fully saturated rings. The number of fused-ring (bicyclic) bond motifs is 1. The maximum absolute atomic E-state index is 11.4. The first-order chi connectivity index (χ1) is 9.15. The van der Waals surface area contributed by atoms with Crippen molar-refractivity contribution in [2.24, 2.45) is 0 Å². The molecule has 0 amide bonds. The lowest BCUT2D eigenvalue weighted by Crippen LogP contribution is -2.05. The van der Waals surface area contributed by atoms with Crippen LogP contribution < -0.4 is 5.63 Å². The summed E-state index contributed by atoms with van der Waals surface area (Å²) in [7, 11) is 0. The van der Waals surface area contributed by atoms with Crippen molar-refractivity contribution in [3.63, 3.8) is 0 Å². The number of phenols is 1. The molecular formula is C16H18O3. The fourth-order valence-electron chi connectivity index (χ4n) is 3.11. The summed E-state index contributed by atoms with van der Waals surface area (Å²) in [6.07, 6.45) is 6.01. The second kappa shape index (κ2) is 4.72. The lowest BCUT2D eigenvalue weighted by atomic mass is 9.83. The summed E-state index contributed by atoms with van der Waals surface area (Å²) in [5.41, 5.74) is 2.02. The first kappa shape index (κ1) is 12.3. The standard InChI is InChI=1S/C16H18O3/c1-10-7-16(18)19-15-9-14(17)13(8-12(10)15)11-5-3-2-4-6-11/h7-9,11,17H,2-6H2,1H3. The van der Waals surface area contributed by atoms with E-state index < -0.39 is 0 Å². The highest BCUT2D eigenvalue weighted by Crippen LogP contribution is 2.39. The Hall–Kier alpha value is -1.77. The molecule has 1 aliphatic carbocycles. The highest BCUT2D eigenvalue weighted by atomic mass is 16.4. The lowest BCUT2D eigenvalue weighted by Gasteiger charge is -2.23. The molecule has 1 aromatic heterocycles. The summed E-state index contributed by atoms with van der Waals surface area (Å²) in [6, 6.07) is 5.09. The fourth-order valence-corrected chi connectivity index (χ4v) is 3.11. The molecule has 1 saturated carbocycles. The predicted octanol–water partition coefficient (Wildman–Crippen LogP) is 3.85. The topological polar surface area (TPSA) is 50.4 Å². The number of benzene rings is 1. The minimum absolute atomic E-state index is 0.258. The molecule has 1 N–H and O–H groups in total. The van der Waals surface area contributed by atoms with Crippen LogP contribution >= 0.6 is 0 Å².